The second kappa shape index (κ2) is 4.13. The van der Waals surface area contributed by atoms with Crippen molar-refractivity contribution in [3.63, 3.8) is 0 Å². The first-order valence-electron chi connectivity index (χ1n) is 6.42. The van der Waals surface area contributed by atoms with Crippen molar-refractivity contribution in [2.75, 3.05) is 19.0 Å². The number of para-hydroxylation sites is 1. The summed E-state index contributed by atoms with van der Waals surface area (Å²) in [7, 11) is 4.01. The zero-order chi connectivity index (χ0) is 12.7. The van der Waals surface area contributed by atoms with Gasteiger partial charge in [-0.3, -0.25) is 4.99 Å². The largest absolute Gasteiger partial charge is 0.332 e. The Kier molecular flexibility index (Phi) is 2.58. The van der Waals surface area contributed by atoms with Crippen molar-refractivity contribution in [1.82, 2.24) is 0 Å². The molecule has 1 heterocycles. The topological polar surface area (TPSA) is 15.6 Å². The van der Waals surface area contributed by atoms with E-state index in [9.17, 15) is 0 Å². The van der Waals surface area contributed by atoms with Gasteiger partial charge in [-0.2, -0.15) is 0 Å². The predicted molar refractivity (Wildman–Crippen MR) is 78.0 cm³/mol. The van der Waals surface area contributed by atoms with Gasteiger partial charge in [-0.25, -0.2) is 0 Å². The summed E-state index contributed by atoms with van der Waals surface area (Å²) in [6.45, 7) is 2.26. The summed E-state index contributed by atoms with van der Waals surface area (Å²) >= 11 is 0. The van der Waals surface area contributed by atoms with Crippen molar-refractivity contribution in [1.29, 1.82) is 0 Å². The summed E-state index contributed by atoms with van der Waals surface area (Å²) in [5, 5.41) is 0. The number of nitrogens with zero attached hydrogens (tertiary/aromatic N) is 2. The van der Waals surface area contributed by atoms with Gasteiger partial charge in [-0.15, -0.1) is 0 Å². The van der Waals surface area contributed by atoms with Gasteiger partial charge in [0.1, 0.15) is 5.84 Å². The Morgan fingerprint density at radius 1 is 1.22 bits per heavy atom. The van der Waals surface area contributed by atoms with Crippen LogP contribution in [0.2, 0.25) is 0 Å². The SMILES string of the molecule is CN=C1C2C(=CC=CC2C)c2ccccc2N1C. The Labute approximate surface area is 108 Å². The molecule has 1 aliphatic heterocycles. The van der Waals surface area contributed by atoms with Crippen molar-refractivity contribution in [3.05, 3.63) is 48.1 Å². The fraction of sp³-hybridized carbons (Fsp3) is 0.312. The molecule has 18 heavy (non-hydrogen) atoms. The maximum absolute atomic E-state index is 4.53. The lowest BCUT2D eigenvalue weighted by Crippen LogP contribution is -2.41. The number of anilines is 1. The number of amidine groups is 1. The second-order valence-corrected chi connectivity index (χ2v) is 5.00. The van der Waals surface area contributed by atoms with Crippen molar-refractivity contribution in [2.24, 2.45) is 16.8 Å². The molecular weight excluding hydrogens is 220 g/mol. The Hall–Kier alpha value is -1.83. The highest BCUT2D eigenvalue weighted by Crippen LogP contribution is 2.43. The van der Waals surface area contributed by atoms with Crippen LogP contribution in [0, 0.1) is 11.8 Å². The molecule has 3 rings (SSSR count). The highest BCUT2D eigenvalue weighted by atomic mass is 15.2. The maximum atomic E-state index is 4.53. The molecule has 0 N–H and O–H groups in total. The zero-order valence-electron chi connectivity index (χ0n) is 11.1. The first-order valence-corrected chi connectivity index (χ1v) is 6.42. The summed E-state index contributed by atoms with van der Waals surface area (Å²) < 4.78 is 0. The molecule has 0 fully saturated rings. The van der Waals surface area contributed by atoms with Gasteiger partial charge < -0.3 is 4.90 Å². The summed E-state index contributed by atoms with van der Waals surface area (Å²) in [4.78, 5) is 6.76. The molecule has 0 spiro atoms. The molecule has 1 aromatic rings. The van der Waals surface area contributed by atoms with Crippen LogP contribution < -0.4 is 4.90 Å². The summed E-state index contributed by atoms with van der Waals surface area (Å²) in [5.41, 5.74) is 4.00. The monoisotopic (exact) mass is 238 g/mol. The van der Waals surface area contributed by atoms with E-state index in [4.69, 9.17) is 0 Å². The quantitative estimate of drug-likeness (QED) is 0.676. The van der Waals surface area contributed by atoms with Crippen LogP contribution in [0.25, 0.3) is 5.57 Å². The van der Waals surface area contributed by atoms with Gasteiger partial charge in [0.05, 0.1) is 0 Å². The zero-order valence-corrected chi connectivity index (χ0v) is 11.1. The third-order valence-corrected chi connectivity index (χ3v) is 3.98. The fourth-order valence-corrected chi connectivity index (χ4v) is 3.10. The number of hydrogen-bond donors (Lipinski definition) is 0. The van der Waals surface area contributed by atoms with E-state index in [1.54, 1.807) is 0 Å². The molecular formula is C16H18N2. The summed E-state index contributed by atoms with van der Waals surface area (Å²) in [5.74, 6) is 2.05. The van der Waals surface area contributed by atoms with Gasteiger partial charge in [0.15, 0.2) is 0 Å². The van der Waals surface area contributed by atoms with Crippen LogP contribution >= 0.6 is 0 Å². The lowest BCUT2D eigenvalue weighted by Gasteiger charge is -2.40. The van der Waals surface area contributed by atoms with Gasteiger partial charge in [0.25, 0.3) is 0 Å². The van der Waals surface area contributed by atoms with E-state index in [2.05, 4.69) is 66.4 Å². The number of rotatable bonds is 0. The van der Waals surface area contributed by atoms with Gasteiger partial charge in [-0.1, -0.05) is 43.4 Å². The van der Waals surface area contributed by atoms with E-state index in [-0.39, 0.29) is 0 Å². The predicted octanol–water partition coefficient (Wildman–Crippen LogP) is 3.37. The molecule has 2 unspecified atom stereocenters. The van der Waals surface area contributed by atoms with Crippen LogP contribution in [-0.2, 0) is 0 Å². The average molecular weight is 238 g/mol. The molecule has 2 aliphatic rings. The van der Waals surface area contributed by atoms with Gasteiger partial charge in [0, 0.05) is 31.3 Å². The minimum Gasteiger partial charge on any atom is -0.332 e. The van der Waals surface area contributed by atoms with Gasteiger partial charge in [-0.05, 0) is 17.6 Å². The number of allylic oxidation sites excluding steroid dienone is 3. The Balaban J connectivity index is 2.26. The fourth-order valence-electron chi connectivity index (χ4n) is 3.10. The van der Waals surface area contributed by atoms with Crippen LogP contribution in [-0.4, -0.2) is 19.9 Å². The molecule has 0 bridgehead atoms. The first kappa shape index (κ1) is 11.3. The molecule has 1 aliphatic carbocycles. The number of hydrogen-bond acceptors (Lipinski definition) is 1. The minimum atomic E-state index is 0.389. The summed E-state index contributed by atoms with van der Waals surface area (Å²) in [6, 6.07) is 8.58. The first-order chi connectivity index (χ1) is 8.74. The van der Waals surface area contributed by atoms with Crippen LogP contribution in [0.5, 0.6) is 0 Å². The Morgan fingerprint density at radius 3 is 2.78 bits per heavy atom. The van der Waals surface area contributed by atoms with E-state index in [1.807, 2.05) is 7.05 Å². The highest BCUT2D eigenvalue weighted by Gasteiger charge is 2.35. The smallest absolute Gasteiger partial charge is 0.111 e. The molecule has 0 amide bonds. The van der Waals surface area contributed by atoms with Gasteiger partial charge in [0.2, 0.25) is 0 Å². The second-order valence-electron chi connectivity index (χ2n) is 5.00. The number of fused-ring (bicyclic) bond motifs is 3. The molecule has 2 heteroatoms. The molecule has 0 radical (unpaired) electrons. The third-order valence-electron chi connectivity index (χ3n) is 3.98. The highest BCUT2D eigenvalue weighted by molar-refractivity contribution is 6.12. The number of benzene rings is 1. The molecule has 1 aromatic carbocycles. The van der Waals surface area contributed by atoms with Crippen LogP contribution in [0.4, 0.5) is 5.69 Å². The summed E-state index contributed by atoms with van der Waals surface area (Å²) in [6.07, 6.45) is 6.68. The van der Waals surface area contributed by atoms with E-state index >= 15 is 0 Å². The molecule has 2 nitrogen and oxygen atoms in total. The van der Waals surface area contributed by atoms with E-state index in [0.717, 1.165) is 5.84 Å². The van der Waals surface area contributed by atoms with Crippen molar-refractivity contribution in [3.8, 4) is 0 Å². The normalized spacial score (nSPS) is 27.8. The third kappa shape index (κ3) is 1.45. The average Bonchev–Trinajstić information content (AvgIpc) is 2.40. The standard InChI is InChI=1S/C16H18N2/c1-11-7-6-9-13-12-8-4-5-10-14(12)18(3)16(17-2)15(11)13/h4-11,15H,1-3H3. The van der Waals surface area contributed by atoms with Crippen molar-refractivity contribution in [2.45, 2.75) is 6.92 Å². The van der Waals surface area contributed by atoms with Crippen molar-refractivity contribution >= 4 is 17.1 Å². The van der Waals surface area contributed by atoms with Gasteiger partial charge >= 0.3 is 0 Å². The molecule has 0 aromatic heterocycles. The molecule has 0 saturated carbocycles. The maximum Gasteiger partial charge on any atom is 0.111 e. The lowest BCUT2D eigenvalue weighted by atomic mass is 9.76. The van der Waals surface area contributed by atoms with E-state index in [0.29, 0.717) is 11.8 Å². The van der Waals surface area contributed by atoms with Crippen LogP contribution in [0.1, 0.15) is 12.5 Å². The Morgan fingerprint density at radius 2 is 2.00 bits per heavy atom. The lowest BCUT2D eigenvalue weighted by molar-refractivity contribution is 0.637. The molecule has 2 atom stereocenters. The number of aliphatic imine (C=N–C) groups is 1. The minimum absolute atomic E-state index is 0.389. The molecule has 0 saturated heterocycles. The van der Waals surface area contributed by atoms with Crippen molar-refractivity contribution < 1.29 is 0 Å². The van der Waals surface area contributed by atoms with E-state index in [1.165, 1.54) is 16.8 Å². The van der Waals surface area contributed by atoms with Crippen LogP contribution in [0.15, 0.2) is 47.5 Å². The van der Waals surface area contributed by atoms with Crippen LogP contribution in [0.3, 0.4) is 0 Å². The van der Waals surface area contributed by atoms with E-state index < -0.39 is 0 Å². The molecule has 92 valence electrons. The Bertz CT molecular complexity index is 566.